The number of nitrogens with zero attached hydrogens (tertiary/aromatic N) is 4. The van der Waals surface area contributed by atoms with Crippen LogP contribution in [0.3, 0.4) is 0 Å². The van der Waals surface area contributed by atoms with E-state index < -0.39 is 11.9 Å². The van der Waals surface area contributed by atoms with Gasteiger partial charge in [-0.1, -0.05) is 71.7 Å². The van der Waals surface area contributed by atoms with Gasteiger partial charge in [0, 0.05) is 85.5 Å². The van der Waals surface area contributed by atoms with Crippen molar-refractivity contribution in [3.8, 4) is 33.6 Å². The smallest absolute Gasteiger partial charge is 0.220 e. The number of carbonyl (C=O) groups is 2. The molecule has 246 valence electrons. The van der Waals surface area contributed by atoms with Gasteiger partial charge in [0.2, 0.25) is 23.7 Å². The fourth-order valence-corrected chi connectivity index (χ4v) is 8.33. The summed E-state index contributed by atoms with van der Waals surface area (Å²) >= 11 is 13.9. The number of rotatable bonds is 7. The molecule has 0 atom stereocenters. The maximum Gasteiger partial charge on any atom is 0.220 e. The summed E-state index contributed by atoms with van der Waals surface area (Å²) in [5.74, 6) is -0.984. The topological polar surface area (TPSA) is 90.5 Å². The monoisotopic (exact) mass is 688 g/mol. The molecule has 2 N–H and O–H groups in total. The standard InChI is InChI=1S/C36H32Cl2F2N6O2/c37-31-23(3-1-5-25(31)27-9-7-21(33(39)41-27)15-45-17-35(18-45)13-11-29(47)43-35)24-4-2-6-26(32(24)38)28-10-8-22(34(40)42-28)16-46-19-36(20-46)14-12-30(48)44-36/h1-10H,11-20H2,(H,43,47)(H,44,48). The summed E-state index contributed by atoms with van der Waals surface area (Å²) in [4.78, 5) is 36.0. The van der Waals surface area contributed by atoms with Gasteiger partial charge in [-0.3, -0.25) is 19.4 Å². The fourth-order valence-electron chi connectivity index (χ4n) is 7.68. The van der Waals surface area contributed by atoms with Gasteiger partial charge < -0.3 is 10.6 Å². The first-order chi connectivity index (χ1) is 23.1. The Morgan fingerprint density at radius 2 is 1.02 bits per heavy atom. The average molecular weight is 690 g/mol. The first-order valence-electron chi connectivity index (χ1n) is 16.1. The van der Waals surface area contributed by atoms with E-state index in [0.29, 0.717) is 107 Å². The van der Waals surface area contributed by atoms with Crippen molar-refractivity contribution in [2.24, 2.45) is 0 Å². The van der Waals surface area contributed by atoms with Crippen molar-refractivity contribution in [1.29, 1.82) is 0 Å². The van der Waals surface area contributed by atoms with Gasteiger partial charge in [-0.25, -0.2) is 9.97 Å². The maximum atomic E-state index is 15.3. The predicted molar refractivity (Wildman–Crippen MR) is 179 cm³/mol. The molecule has 8 rings (SSSR count). The number of pyridine rings is 2. The summed E-state index contributed by atoms with van der Waals surface area (Å²) in [6.45, 7) is 3.59. The Morgan fingerprint density at radius 1 is 0.625 bits per heavy atom. The summed E-state index contributed by atoms with van der Waals surface area (Å²) in [7, 11) is 0. The van der Waals surface area contributed by atoms with Gasteiger partial charge in [0.15, 0.2) is 0 Å². The maximum absolute atomic E-state index is 15.3. The summed E-state index contributed by atoms with van der Waals surface area (Å²) in [6.07, 6.45) is 2.71. The predicted octanol–water partition coefficient (Wildman–Crippen LogP) is 5.99. The fraction of sp³-hybridized carbons (Fsp3) is 0.333. The molecule has 48 heavy (non-hydrogen) atoms. The van der Waals surface area contributed by atoms with Crippen LogP contribution in [0.4, 0.5) is 8.78 Å². The van der Waals surface area contributed by atoms with Gasteiger partial charge in [0.25, 0.3) is 0 Å². The zero-order valence-corrected chi connectivity index (χ0v) is 27.5. The number of carbonyl (C=O) groups excluding carboxylic acids is 2. The Hall–Kier alpha value is -3.96. The van der Waals surface area contributed by atoms with Crippen LogP contribution < -0.4 is 10.6 Å². The molecule has 0 aliphatic carbocycles. The number of likely N-dealkylation sites (tertiary alicyclic amines) is 2. The van der Waals surface area contributed by atoms with Gasteiger partial charge in [0.05, 0.1) is 32.5 Å². The minimum Gasteiger partial charge on any atom is -0.348 e. The minimum atomic E-state index is -0.569. The largest absolute Gasteiger partial charge is 0.348 e. The number of hydrogen-bond donors (Lipinski definition) is 2. The van der Waals surface area contributed by atoms with Crippen LogP contribution in [0.15, 0.2) is 60.7 Å². The molecule has 8 nitrogen and oxygen atoms in total. The number of halogens is 4. The molecule has 0 saturated carbocycles. The minimum absolute atomic E-state index is 0.0767. The van der Waals surface area contributed by atoms with E-state index in [1.54, 1.807) is 36.4 Å². The van der Waals surface area contributed by atoms with Crippen molar-refractivity contribution in [1.82, 2.24) is 30.4 Å². The highest BCUT2D eigenvalue weighted by Gasteiger charge is 2.48. The summed E-state index contributed by atoms with van der Waals surface area (Å²) in [6, 6.07) is 17.8. The van der Waals surface area contributed by atoms with E-state index in [0.717, 1.165) is 12.8 Å². The van der Waals surface area contributed by atoms with Crippen LogP contribution in [0.5, 0.6) is 0 Å². The van der Waals surface area contributed by atoms with Gasteiger partial charge in [-0.15, -0.1) is 0 Å². The lowest BCUT2D eigenvalue weighted by atomic mass is 9.88. The number of amides is 2. The van der Waals surface area contributed by atoms with Crippen LogP contribution >= 0.6 is 23.2 Å². The van der Waals surface area contributed by atoms with Crippen LogP contribution in [-0.2, 0) is 22.7 Å². The van der Waals surface area contributed by atoms with Crippen molar-refractivity contribution in [2.75, 3.05) is 26.2 Å². The van der Waals surface area contributed by atoms with Crippen molar-refractivity contribution >= 4 is 35.0 Å². The number of aromatic nitrogens is 2. The molecule has 4 aliphatic heterocycles. The van der Waals surface area contributed by atoms with Crippen LogP contribution in [0.25, 0.3) is 33.6 Å². The molecule has 0 bridgehead atoms. The van der Waals surface area contributed by atoms with E-state index in [1.165, 1.54) is 0 Å². The van der Waals surface area contributed by atoms with E-state index in [-0.39, 0.29) is 22.9 Å². The van der Waals surface area contributed by atoms with Crippen molar-refractivity contribution < 1.29 is 18.4 Å². The van der Waals surface area contributed by atoms with Crippen LogP contribution in [-0.4, -0.2) is 68.8 Å². The molecule has 0 radical (unpaired) electrons. The average Bonchev–Trinajstić information content (AvgIpc) is 3.62. The summed E-state index contributed by atoms with van der Waals surface area (Å²) in [5.41, 5.74) is 3.74. The third-order valence-electron chi connectivity index (χ3n) is 10.1. The first kappa shape index (κ1) is 31.3. The highest BCUT2D eigenvalue weighted by atomic mass is 35.5. The van der Waals surface area contributed by atoms with Crippen molar-refractivity contribution in [3.05, 3.63) is 93.7 Å². The van der Waals surface area contributed by atoms with E-state index in [4.69, 9.17) is 23.2 Å². The van der Waals surface area contributed by atoms with E-state index in [2.05, 4.69) is 30.4 Å². The van der Waals surface area contributed by atoms with E-state index in [1.807, 2.05) is 24.3 Å². The van der Waals surface area contributed by atoms with Crippen molar-refractivity contribution in [3.63, 3.8) is 0 Å². The van der Waals surface area contributed by atoms with Gasteiger partial charge in [-0.05, 0) is 25.0 Å². The molecule has 2 aromatic carbocycles. The Labute approximate surface area is 286 Å². The van der Waals surface area contributed by atoms with Gasteiger partial charge in [-0.2, -0.15) is 8.78 Å². The molecular formula is C36H32Cl2F2N6O2. The zero-order chi connectivity index (χ0) is 33.2. The molecule has 4 aliphatic rings. The number of nitrogens with one attached hydrogen (secondary N) is 2. The van der Waals surface area contributed by atoms with E-state index >= 15 is 8.78 Å². The molecule has 6 heterocycles. The van der Waals surface area contributed by atoms with Crippen LogP contribution in [0.2, 0.25) is 10.0 Å². The molecular weight excluding hydrogens is 657 g/mol. The molecule has 4 aromatic rings. The lowest BCUT2D eigenvalue weighted by Gasteiger charge is -2.47. The highest BCUT2D eigenvalue weighted by Crippen LogP contribution is 2.42. The van der Waals surface area contributed by atoms with Gasteiger partial charge >= 0.3 is 0 Å². The Morgan fingerprint density at radius 3 is 1.38 bits per heavy atom. The van der Waals surface area contributed by atoms with E-state index in [9.17, 15) is 9.59 Å². The first-order valence-corrected chi connectivity index (χ1v) is 16.8. The summed E-state index contributed by atoms with van der Waals surface area (Å²) in [5, 5.41) is 6.81. The quantitative estimate of drug-likeness (QED) is 0.232. The third kappa shape index (κ3) is 5.64. The molecule has 2 spiro atoms. The van der Waals surface area contributed by atoms with Crippen molar-refractivity contribution in [2.45, 2.75) is 49.9 Å². The van der Waals surface area contributed by atoms with Gasteiger partial charge in [0.1, 0.15) is 0 Å². The SMILES string of the molecule is O=C1CCC2(CN(Cc3ccc(-c4cccc(-c5cccc(-c6ccc(CN7CC8(CCC(=O)N8)C7)c(F)n6)c5Cl)c4Cl)nc3F)C2)N1. The second-order valence-electron chi connectivity index (χ2n) is 13.6. The Kier molecular flexibility index (Phi) is 7.75. The second-order valence-corrected chi connectivity index (χ2v) is 14.3. The van der Waals surface area contributed by atoms with Crippen LogP contribution in [0, 0.1) is 11.9 Å². The zero-order valence-electron chi connectivity index (χ0n) is 26.0. The lowest BCUT2D eigenvalue weighted by Crippen LogP contribution is -2.66. The Balaban J connectivity index is 0.990. The summed E-state index contributed by atoms with van der Waals surface area (Å²) < 4.78 is 30.5. The molecule has 4 saturated heterocycles. The Bertz CT molecular complexity index is 1840. The molecule has 2 amide bonds. The molecule has 0 unspecified atom stereocenters. The molecule has 4 fully saturated rings. The second kappa shape index (κ2) is 11.9. The normalized spacial score (nSPS) is 19.8. The lowest BCUT2D eigenvalue weighted by molar-refractivity contribution is -0.121. The molecule has 12 heteroatoms. The third-order valence-corrected chi connectivity index (χ3v) is 10.9. The number of benzene rings is 2. The number of hydrogen-bond acceptors (Lipinski definition) is 6. The highest BCUT2D eigenvalue weighted by molar-refractivity contribution is 6.39. The van der Waals surface area contributed by atoms with Crippen LogP contribution in [0.1, 0.15) is 36.8 Å². The molecule has 2 aromatic heterocycles.